The van der Waals surface area contributed by atoms with Gasteiger partial charge in [0, 0.05) is 18.3 Å². The Morgan fingerprint density at radius 3 is 2.38 bits per heavy atom. The van der Waals surface area contributed by atoms with Crippen molar-refractivity contribution in [3.8, 4) is 0 Å². The molecule has 0 saturated carbocycles. The Hall–Kier alpha value is -0.540. The summed E-state index contributed by atoms with van der Waals surface area (Å²) in [5.74, 6) is 0. The van der Waals surface area contributed by atoms with E-state index < -0.39 is 0 Å². The molecule has 0 heterocycles. The van der Waals surface area contributed by atoms with Crippen molar-refractivity contribution in [1.29, 1.82) is 0 Å². The zero-order valence-electron chi connectivity index (χ0n) is 5.09. The van der Waals surface area contributed by atoms with Gasteiger partial charge in [-0.2, -0.15) is 0 Å². The highest BCUT2D eigenvalue weighted by Gasteiger charge is 1.92. The first kappa shape index (κ1) is 7.46. The Bertz CT molecular complexity index is 85.7. The molecular weight excluding hydrogens is 102 g/mol. The third-order valence-corrected chi connectivity index (χ3v) is 0.879. The molecule has 0 aromatic heterocycles. The second-order valence-corrected chi connectivity index (χ2v) is 1.73. The van der Waals surface area contributed by atoms with E-state index in [0.29, 0.717) is 12.2 Å². The Kier molecular flexibility index (Phi) is 3.23. The summed E-state index contributed by atoms with van der Waals surface area (Å²) in [5, 5.41) is 0. The van der Waals surface area contributed by atoms with Gasteiger partial charge in [0.25, 0.3) is 0 Å². The van der Waals surface area contributed by atoms with Crippen molar-refractivity contribution in [2.24, 2.45) is 17.2 Å². The molecule has 0 radical (unpaired) electrons. The average Bonchev–Trinajstić information content (AvgIpc) is 1.67. The van der Waals surface area contributed by atoms with Crippen LogP contribution in [0.3, 0.4) is 0 Å². The Labute approximate surface area is 49.5 Å². The van der Waals surface area contributed by atoms with E-state index in [2.05, 4.69) is 0 Å². The van der Waals surface area contributed by atoms with Crippen LogP contribution in [0.5, 0.6) is 0 Å². The van der Waals surface area contributed by atoms with Gasteiger partial charge in [-0.25, -0.2) is 0 Å². The molecule has 1 atom stereocenters. The van der Waals surface area contributed by atoms with Crippen LogP contribution in [0, 0.1) is 0 Å². The predicted molar refractivity (Wildman–Crippen MR) is 35.0 cm³/mol. The Morgan fingerprint density at radius 2 is 2.25 bits per heavy atom. The van der Waals surface area contributed by atoms with Crippen molar-refractivity contribution in [3.63, 3.8) is 0 Å². The summed E-state index contributed by atoms with van der Waals surface area (Å²) in [7, 11) is 0. The summed E-state index contributed by atoms with van der Waals surface area (Å²) in [4.78, 5) is 0. The molecule has 1 unspecified atom stereocenters. The van der Waals surface area contributed by atoms with E-state index in [1.165, 1.54) is 0 Å². The summed E-state index contributed by atoms with van der Waals surface area (Å²) in [6, 6.07) is -0.0708. The highest BCUT2D eigenvalue weighted by molar-refractivity contribution is 5.03. The molecule has 3 nitrogen and oxygen atoms in total. The maximum atomic E-state index is 5.38. The molecule has 0 aromatic rings. The number of rotatable bonds is 2. The summed E-state index contributed by atoms with van der Waals surface area (Å²) in [6.45, 7) is 2.29. The fourth-order valence-electron chi connectivity index (χ4n) is 0.322. The lowest BCUT2D eigenvalue weighted by molar-refractivity contribution is 0.840. The molecular formula is C5H13N3. The van der Waals surface area contributed by atoms with E-state index in [1.54, 1.807) is 6.08 Å². The minimum absolute atomic E-state index is 0.0708. The van der Waals surface area contributed by atoms with Gasteiger partial charge in [-0.1, -0.05) is 6.08 Å². The van der Waals surface area contributed by atoms with E-state index in [-0.39, 0.29) is 6.04 Å². The molecule has 0 rings (SSSR count). The molecule has 0 aliphatic heterocycles. The predicted octanol–water partition coefficient (Wildman–Crippen LogP) is -0.865. The summed E-state index contributed by atoms with van der Waals surface area (Å²) < 4.78 is 0. The highest BCUT2D eigenvalue weighted by Crippen LogP contribution is 1.85. The normalized spacial score (nSPS) is 16.1. The lowest BCUT2D eigenvalue weighted by Gasteiger charge is -2.02. The van der Waals surface area contributed by atoms with Gasteiger partial charge in [-0.05, 0) is 6.92 Å². The molecule has 0 fully saturated rings. The molecule has 0 amide bonds. The van der Waals surface area contributed by atoms with Crippen LogP contribution in [0.15, 0.2) is 11.8 Å². The first-order valence-electron chi connectivity index (χ1n) is 2.59. The van der Waals surface area contributed by atoms with Gasteiger partial charge in [0.15, 0.2) is 0 Å². The van der Waals surface area contributed by atoms with Crippen LogP contribution in [0.1, 0.15) is 6.92 Å². The van der Waals surface area contributed by atoms with E-state index in [0.717, 1.165) is 0 Å². The lowest BCUT2D eigenvalue weighted by Crippen LogP contribution is -2.24. The second-order valence-electron chi connectivity index (χ2n) is 1.73. The summed E-state index contributed by atoms with van der Waals surface area (Å²) in [5.41, 5.74) is 16.6. The maximum absolute atomic E-state index is 5.38. The fourth-order valence-corrected chi connectivity index (χ4v) is 0.322. The van der Waals surface area contributed by atoms with Gasteiger partial charge < -0.3 is 17.2 Å². The molecule has 6 N–H and O–H groups in total. The molecule has 48 valence electrons. The largest absolute Gasteiger partial charge is 0.401 e. The first-order valence-corrected chi connectivity index (χ1v) is 2.59. The molecule has 0 aliphatic rings. The molecule has 0 spiro atoms. The van der Waals surface area contributed by atoms with Gasteiger partial charge in [0.05, 0.1) is 0 Å². The molecule has 0 saturated heterocycles. The van der Waals surface area contributed by atoms with Crippen molar-refractivity contribution in [2.75, 3.05) is 6.54 Å². The minimum atomic E-state index is -0.0708. The van der Waals surface area contributed by atoms with Crippen LogP contribution in [-0.4, -0.2) is 12.6 Å². The molecule has 8 heavy (non-hydrogen) atoms. The third-order valence-electron chi connectivity index (χ3n) is 0.879. The highest BCUT2D eigenvalue weighted by atomic mass is 14.7. The van der Waals surface area contributed by atoms with Crippen LogP contribution in [-0.2, 0) is 0 Å². The number of hydrogen-bond acceptors (Lipinski definition) is 3. The topological polar surface area (TPSA) is 78.1 Å². The number of hydrogen-bond donors (Lipinski definition) is 3. The third kappa shape index (κ3) is 2.60. The average molecular weight is 115 g/mol. The van der Waals surface area contributed by atoms with Gasteiger partial charge in [0.1, 0.15) is 0 Å². The molecule has 0 bridgehead atoms. The lowest BCUT2D eigenvalue weighted by atomic mass is 10.2. The quantitative estimate of drug-likeness (QED) is 0.438. The SMILES string of the molecule is CC(N)/C(N)=C\CN. The van der Waals surface area contributed by atoms with Crippen molar-refractivity contribution >= 4 is 0 Å². The monoisotopic (exact) mass is 115 g/mol. The van der Waals surface area contributed by atoms with Gasteiger partial charge in [0.2, 0.25) is 0 Å². The fraction of sp³-hybridized carbons (Fsp3) is 0.600. The summed E-state index contributed by atoms with van der Waals surface area (Å²) >= 11 is 0. The van der Waals surface area contributed by atoms with E-state index in [4.69, 9.17) is 17.2 Å². The maximum Gasteiger partial charge on any atom is 0.0410 e. The molecule has 3 heteroatoms. The van der Waals surface area contributed by atoms with Gasteiger partial charge in [-0.15, -0.1) is 0 Å². The van der Waals surface area contributed by atoms with E-state index >= 15 is 0 Å². The van der Waals surface area contributed by atoms with Crippen LogP contribution in [0.2, 0.25) is 0 Å². The Balaban J connectivity index is 3.61. The second kappa shape index (κ2) is 3.46. The zero-order chi connectivity index (χ0) is 6.57. The molecule has 0 aliphatic carbocycles. The summed E-state index contributed by atoms with van der Waals surface area (Å²) in [6.07, 6.45) is 1.71. The van der Waals surface area contributed by atoms with Crippen molar-refractivity contribution in [1.82, 2.24) is 0 Å². The van der Waals surface area contributed by atoms with E-state index in [9.17, 15) is 0 Å². The smallest absolute Gasteiger partial charge is 0.0410 e. The Morgan fingerprint density at radius 1 is 1.75 bits per heavy atom. The first-order chi connectivity index (χ1) is 3.68. The van der Waals surface area contributed by atoms with Crippen molar-refractivity contribution in [2.45, 2.75) is 13.0 Å². The minimum Gasteiger partial charge on any atom is -0.401 e. The van der Waals surface area contributed by atoms with Crippen LogP contribution in [0.25, 0.3) is 0 Å². The van der Waals surface area contributed by atoms with Gasteiger partial charge in [-0.3, -0.25) is 0 Å². The van der Waals surface area contributed by atoms with Crippen LogP contribution >= 0.6 is 0 Å². The molecule has 0 aromatic carbocycles. The van der Waals surface area contributed by atoms with E-state index in [1.807, 2.05) is 6.92 Å². The van der Waals surface area contributed by atoms with Crippen molar-refractivity contribution < 1.29 is 0 Å². The van der Waals surface area contributed by atoms with Gasteiger partial charge >= 0.3 is 0 Å². The standard InChI is InChI=1S/C5H13N3/c1-4(7)5(8)2-3-6/h2,4H,3,6-8H2,1H3/b5-2+. The van der Waals surface area contributed by atoms with Crippen molar-refractivity contribution in [3.05, 3.63) is 11.8 Å². The number of nitrogens with two attached hydrogens (primary N) is 3. The van der Waals surface area contributed by atoms with Crippen LogP contribution < -0.4 is 17.2 Å². The zero-order valence-corrected chi connectivity index (χ0v) is 5.09. The van der Waals surface area contributed by atoms with Crippen LogP contribution in [0.4, 0.5) is 0 Å².